The summed E-state index contributed by atoms with van der Waals surface area (Å²) in [6, 6.07) is 6.09. The van der Waals surface area contributed by atoms with E-state index in [1.165, 1.54) is 30.9 Å². The van der Waals surface area contributed by atoms with E-state index in [0.717, 1.165) is 0 Å². The van der Waals surface area contributed by atoms with Crippen LogP contribution in [0.3, 0.4) is 0 Å². The highest BCUT2D eigenvalue weighted by Gasteiger charge is 2.02. The van der Waals surface area contributed by atoms with E-state index in [2.05, 4.69) is 20.5 Å². The first kappa shape index (κ1) is 13.6. The first-order valence-corrected chi connectivity index (χ1v) is 5.71. The molecular weight excluding hydrogens is 263 g/mol. The minimum Gasteiger partial charge on any atom is -0.466 e. The largest absolute Gasteiger partial charge is 0.466 e. The summed E-state index contributed by atoms with van der Waals surface area (Å²) in [5.41, 5.74) is 2.50. The molecule has 1 N–H and O–H groups in total. The minimum absolute atomic E-state index is 0.237. The maximum absolute atomic E-state index is 13.2. The van der Waals surface area contributed by atoms with Crippen molar-refractivity contribution in [3.05, 3.63) is 54.2 Å². The highest BCUT2D eigenvalue weighted by Crippen LogP contribution is 2.02. The fourth-order valence-electron chi connectivity index (χ4n) is 1.29. The molecule has 0 radical (unpaired) electrons. The van der Waals surface area contributed by atoms with Gasteiger partial charge in [-0.2, -0.15) is 5.10 Å². The quantitative estimate of drug-likeness (QED) is 0.655. The summed E-state index contributed by atoms with van der Waals surface area (Å²) >= 11 is 0. The Balaban J connectivity index is 1.79. The Bertz CT molecular complexity index is 604. The molecule has 1 aromatic heterocycles. The molecule has 2 rings (SSSR count). The molecule has 102 valence electrons. The zero-order valence-electron chi connectivity index (χ0n) is 10.4. The van der Waals surface area contributed by atoms with Crippen LogP contribution in [0.4, 0.5) is 4.39 Å². The van der Waals surface area contributed by atoms with Crippen molar-refractivity contribution in [1.82, 2.24) is 15.4 Å². The Morgan fingerprint density at radius 3 is 3.00 bits per heavy atom. The van der Waals surface area contributed by atoms with Crippen molar-refractivity contribution >= 4 is 12.1 Å². The molecule has 0 saturated carbocycles. The van der Waals surface area contributed by atoms with Crippen LogP contribution >= 0.6 is 0 Å². The van der Waals surface area contributed by atoms with Crippen LogP contribution in [-0.2, 0) is 4.79 Å². The van der Waals surface area contributed by atoms with Crippen molar-refractivity contribution in [2.75, 3.05) is 6.61 Å². The Morgan fingerprint density at radius 1 is 1.40 bits per heavy atom. The van der Waals surface area contributed by atoms with Gasteiger partial charge in [0.1, 0.15) is 5.82 Å². The second kappa shape index (κ2) is 6.93. The predicted octanol–water partition coefficient (Wildman–Crippen LogP) is 1.14. The van der Waals surface area contributed by atoms with Crippen molar-refractivity contribution < 1.29 is 13.9 Å². The first-order chi connectivity index (χ1) is 9.75. The molecule has 0 unspecified atom stereocenters. The monoisotopic (exact) mass is 274 g/mol. The van der Waals surface area contributed by atoms with Gasteiger partial charge in [-0.1, -0.05) is 18.2 Å². The summed E-state index contributed by atoms with van der Waals surface area (Å²) in [6.07, 6.45) is 5.54. The van der Waals surface area contributed by atoms with Gasteiger partial charge >= 0.3 is 0 Å². The molecule has 1 amide bonds. The third-order valence-corrected chi connectivity index (χ3v) is 2.19. The molecular formula is C13H11FN4O2. The zero-order valence-corrected chi connectivity index (χ0v) is 10.4. The number of carbonyl (C=O) groups excluding carboxylic acids is 1. The van der Waals surface area contributed by atoms with E-state index in [1.54, 1.807) is 18.2 Å². The summed E-state index contributed by atoms with van der Waals surface area (Å²) < 4.78 is 18.3. The van der Waals surface area contributed by atoms with Gasteiger partial charge in [0.05, 0.1) is 12.4 Å². The molecule has 6 nitrogen and oxygen atoms in total. The van der Waals surface area contributed by atoms with Crippen molar-refractivity contribution in [2.24, 2.45) is 5.10 Å². The number of hydrogen-bond donors (Lipinski definition) is 1. The maximum atomic E-state index is 13.2. The number of carbonyl (C=O) groups is 1. The second-order valence-corrected chi connectivity index (χ2v) is 3.65. The van der Waals surface area contributed by atoms with E-state index in [0.29, 0.717) is 0 Å². The normalized spacial score (nSPS) is 10.4. The van der Waals surface area contributed by atoms with Gasteiger partial charge in [-0.05, 0) is 6.07 Å². The van der Waals surface area contributed by atoms with Gasteiger partial charge in [-0.15, -0.1) is 0 Å². The standard InChI is InChI=1S/C13H11FN4O2/c14-11-4-2-1-3-10(11)7-17-18-12(19)9-20-13-8-15-5-6-16-13/h1-8H,9H2,(H,18,19)/b17-7+. The van der Waals surface area contributed by atoms with Gasteiger partial charge in [-0.3, -0.25) is 9.78 Å². The number of nitrogens with one attached hydrogen (secondary N) is 1. The van der Waals surface area contributed by atoms with Crippen molar-refractivity contribution in [3.8, 4) is 5.88 Å². The fraction of sp³-hybridized carbons (Fsp3) is 0.0769. The number of hydrazone groups is 1. The van der Waals surface area contributed by atoms with Crippen LogP contribution in [0.2, 0.25) is 0 Å². The lowest BCUT2D eigenvalue weighted by Crippen LogP contribution is -2.24. The van der Waals surface area contributed by atoms with Gasteiger partial charge in [-0.25, -0.2) is 14.8 Å². The molecule has 0 fully saturated rings. The topological polar surface area (TPSA) is 76.5 Å². The van der Waals surface area contributed by atoms with Crippen LogP contribution in [0.5, 0.6) is 5.88 Å². The van der Waals surface area contributed by atoms with Crippen LogP contribution in [0.25, 0.3) is 0 Å². The fourth-order valence-corrected chi connectivity index (χ4v) is 1.29. The van der Waals surface area contributed by atoms with E-state index in [4.69, 9.17) is 4.74 Å². The Morgan fingerprint density at radius 2 is 2.25 bits per heavy atom. The van der Waals surface area contributed by atoms with Crippen LogP contribution < -0.4 is 10.2 Å². The van der Waals surface area contributed by atoms with E-state index in [1.807, 2.05) is 0 Å². The summed E-state index contributed by atoms with van der Waals surface area (Å²) in [6.45, 7) is -0.257. The molecule has 0 aliphatic heterocycles. The summed E-state index contributed by atoms with van der Waals surface area (Å²) in [7, 11) is 0. The van der Waals surface area contributed by atoms with Crippen LogP contribution in [0.15, 0.2) is 48.0 Å². The summed E-state index contributed by atoms with van der Waals surface area (Å²) in [4.78, 5) is 19.0. The van der Waals surface area contributed by atoms with Crippen molar-refractivity contribution in [1.29, 1.82) is 0 Å². The van der Waals surface area contributed by atoms with Crippen LogP contribution in [-0.4, -0.2) is 28.7 Å². The van der Waals surface area contributed by atoms with E-state index < -0.39 is 11.7 Å². The molecule has 0 spiro atoms. The van der Waals surface area contributed by atoms with E-state index in [-0.39, 0.29) is 18.1 Å². The average Bonchev–Trinajstić information content (AvgIpc) is 2.48. The summed E-state index contributed by atoms with van der Waals surface area (Å²) in [5, 5.41) is 3.63. The van der Waals surface area contributed by atoms with E-state index in [9.17, 15) is 9.18 Å². The Hall–Kier alpha value is -2.83. The van der Waals surface area contributed by atoms with Gasteiger partial charge in [0.2, 0.25) is 5.88 Å². The SMILES string of the molecule is O=C(COc1cnccn1)N/N=C/c1ccccc1F. The predicted molar refractivity (Wildman–Crippen MR) is 69.7 cm³/mol. The molecule has 7 heteroatoms. The highest BCUT2D eigenvalue weighted by atomic mass is 19.1. The molecule has 1 heterocycles. The number of aromatic nitrogens is 2. The average molecular weight is 274 g/mol. The minimum atomic E-state index is -0.483. The number of ether oxygens (including phenoxy) is 1. The molecule has 0 aliphatic rings. The molecule has 20 heavy (non-hydrogen) atoms. The molecule has 0 atom stereocenters. The lowest BCUT2D eigenvalue weighted by Gasteiger charge is -2.02. The van der Waals surface area contributed by atoms with Gasteiger partial charge in [0.25, 0.3) is 5.91 Å². The number of rotatable bonds is 5. The van der Waals surface area contributed by atoms with Gasteiger partial charge < -0.3 is 4.74 Å². The van der Waals surface area contributed by atoms with Crippen molar-refractivity contribution in [3.63, 3.8) is 0 Å². The van der Waals surface area contributed by atoms with Crippen LogP contribution in [0, 0.1) is 5.82 Å². The molecule has 0 bridgehead atoms. The number of amides is 1. The number of benzene rings is 1. The van der Waals surface area contributed by atoms with Crippen LogP contribution in [0.1, 0.15) is 5.56 Å². The smallest absolute Gasteiger partial charge is 0.278 e. The van der Waals surface area contributed by atoms with Gasteiger partial charge in [0.15, 0.2) is 6.61 Å². The molecule has 0 saturated heterocycles. The lowest BCUT2D eigenvalue weighted by molar-refractivity contribution is -0.123. The number of nitrogens with zero attached hydrogens (tertiary/aromatic N) is 3. The second-order valence-electron chi connectivity index (χ2n) is 3.65. The Labute approximate surface area is 114 Å². The lowest BCUT2D eigenvalue weighted by atomic mass is 10.2. The maximum Gasteiger partial charge on any atom is 0.278 e. The summed E-state index contributed by atoms with van der Waals surface area (Å²) in [5.74, 6) is -0.662. The molecule has 2 aromatic rings. The zero-order chi connectivity index (χ0) is 14.2. The van der Waals surface area contributed by atoms with Crippen molar-refractivity contribution in [2.45, 2.75) is 0 Å². The highest BCUT2D eigenvalue weighted by molar-refractivity contribution is 5.83. The number of halogens is 1. The number of hydrogen-bond acceptors (Lipinski definition) is 5. The Kier molecular flexibility index (Phi) is 4.71. The third-order valence-electron chi connectivity index (χ3n) is 2.19. The first-order valence-electron chi connectivity index (χ1n) is 5.71. The van der Waals surface area contributed by atoms with Gasteiger partial charge in [0, 0.05) is 18.0 Å². The third kappa shape index (κ3) is 4.13. The van der Waals surface area contributed by atoms with E-state index >= 15 is 0 Å². The molecule has 0 aliphatic carbocycles. The molecule has 1 aromatic carbocycles.